The van der Waals surface area contributed by atoms with Crippen molar-refractivity contribution in [2.24, 2.45) is 0 Å². The van der Waals surface area contributed by atoms with E-state index in [1.165, 1.54) is 22.0 Å². The molecule has 2 aromatic heterocycles. The van der Waals surface area contributed by atoms with Crippen LogP contribution in [0.4, 0.5) is 0 Å². The molecule has 5 rings (SSSR count). The molecule has 152 valence electrons. The van der Waals surface area contributed by atoms with Gasteiger partial charge in [-0.25, -0.2) is 0 Å². The number of aromatic nitrogens is 1. The van der Waals surface area contributed by atoms with Crippen molar-refractivity contribution in [3.05, 3.63) is 61.5 Å². The summed E-state index contributed by atoms with van der Waals surface area (Å²) in [4.78, 5) is 14.2. The number of benzene rings is 1. The number of nitrogens with zero attached hydrogens (tertiary/aromatic N) is 1. The Hall–Kier alpha value is -1.61. The molecule has 2 unspecified atom stereocenters. The molecule has 2 heterocycles. The highest BCUT2D eigenvalue weighted by Gasteiger charge is 2.52. The highest BCUT2D eigenvalue weighted by molar-refractivity contribution is 9.10. The van der Waals surface area contributed by atoms with Gasteiger partial charge in [-0.2, -0.15) is 0 Å². The third-order valence-electron chi connectivity index (χ3n) is 8.77. The SMILES string of the molecule is CCC1(C)c2ccc(Br)c3ccn4c5c(c(=O)c(c4c23)C1(C)CC)C(C)(C)CC5. The largest absolute Gasteiger partial charge is 0.319 e. The molecule has 2 atom stereocenters. The summed E-state index contributed by atoms with van der Waals surface area (Å²) in [6.45, 7) is 13.7. The minimum Gasteiger partial charge on any atom is -0.319 e. The summed E-state index contributed by atoms with van der Waals surface area (Å²) in [5.74, 6) is 0. The van der Waals surface area contributed by atoms with Crippen molar-refractivity contribution in [3.63, 3.8) is 0 Å². The van der Waals surface area contributed by atoms with E-state index in [1.807, 2.05) is 0 Å². The molecule has 1 aromatic carbocycles. The van der Waals surface area contributed by atoms with Gasteiger partial charge in [-0.1, -0.05) is 63.5 Å². The number of pyridine rings is 2. The first-order chi connectivity index (χ1) is 13.6. The van der Waals surface area contributed by atoms with Gasteiger partial charge in [-0.05, 0) is 54.2 Å². The number of aryl methyl sites for hydroxylation is 1. The molecule has 29 heavy (non-hydrogen) atoms. The van der Waals surface area contributed by atoms with Crippen LogP contribution in [0.25, 0.3) is 16.3 Å². The van der Waals surface area contributed by atoms with Gasteiger partial charge in [0.1, 0.15) is 0 Å². The molecular formula is C26H30BrNO. The van der Waals surface area contributed by atoms with Gasteiger partial charge in [0.05, 0.1) is 5.52 Å². The van der Waals surface area contributed by atoms with Crippen LogP contribution in [-0.2, 0) is 22.7 Å². The predicted molar refractivity (Wildman–Crippen MR) is 126 cm³/mol. The third-order valence-corrected chi connectivity index (χ3v) is 9.46. The van der Waals surface area contributed by atoms with Crippen LogP contribution in [0.15, 0.2) is 33.7 Å². The van der Waals surface area contributed by atoms with Crippen LogP contribution in [-0.4, -0.2) is 4.40 Å². The second-order valence-corrected chi connectivity index (χ2v) is 11.1. The summed E-state index contributed by atoms with van der Waals surface area (Å²) in [6.07, 6.45) is 6.18. The Bertz CT molecular complexity index is 1270. The Labute approximate surface area is 181 Å². The summed E-state index contributed by atoms with van der Waals surface area (Å²) in [7, 11) is 0. The van der Waals surface area contributed by atoms with Crippen molar-refractivity contribution >= 4 is 32.2 Å². The van der Waals surface area contributed by atoms with Crippen LogP contribution in [0.1, 0.15) is 83.2 Å². The van der Waals surface area contributed by atoms with E-state index in [1.54, 1.807) is 0 Å². The molecule has 2 aliphatic rings. The molecule has 0 bridgehead atoms. The minimum absolute atomic E-state index is 0.0616. The van der Waals surface area contributed by atoms with Crippen LogP contribution in [0.2, 0.25) is 0 Å². The molecule has 0 N–H and O–H groups in total. The first-order valence-electron chi connectivity index (χ1n) is 11.0. The van der Waals surface area contributed by atoms with E-state index in [2.05, 4.69) is 86.3 Å². The van der Waals surface area contributed by atoms with E-state index in [0.29, 0.717) is 5.43 Å². The van der Waals surface area contributed by atoms with Crippen LogP contribution < -0.4 is 5.43 Å². The quantitative estimate of drug-likeness (QED) is 0.393. The van der Waals surface area contributed by atoms with Gasteiger partial charge in [0.25, 0.3) is 0 Å². The number of fused-ring (bicyclic) bond motifs is 2. The molecule has 0 radical (unpaired) electrons. The van der Waals surface area contributed by atoms with Gasteiger partial charge < -0.3 is 4.40 Å². The van der Waals surface area contributed by atoms with Crippen molar-refractivity contribution in [2.45, 2.75) is 83.5 Å². The second kappa shape index (κ2) is 5.75. The number of rotatable bonds is 2. The Morgan fingerprint density at radius 1 is 1.00 bits per heavy atom. The molecule has 0 saturated heterocycles. The summed E-state index contributed by atoms with van der Waals surface area (Å²) in [6, 6.07) is 6.73. The first-order valence-corrected chi connectivity index (χ1v) is 11.8. The lowest BCUT2D eigenvalue weighted by Crippen LogP contribution is -2.50. The summed E-state index contributed by atoms with van der Waals surface area (Å²) >= 11 is 3.78. The van der Waals surface area contributed by atoms with E-state index in [9.17, 15) is 4.79 Å². The zero-order valence-electron chi connectivity index (χ0n) is 18.4. The molecular weight excluding hydrogens is 422 g/mol. The molecule has 3 aromatic rings. The molecule has 3 heteroatoms. The maximum Gasteiger partial charge on any atom is 0.190 e. The van der Waals surface area contributed by atoms with Crippen molar-refractivity contribution in [2.75, 3.05) is 0 Å². The van der Waals surface area contributed by atoms with Crippen LogP contribution in [0, 0.1) is 0 Å². The van der Waals surface area contributed by atoms with Gasteiger partial charge in [0, 0.05) is 43.7 Å². The topological polar surface area (TPSA) is 21.5 Å². The molecule has 2 aliphatic carbocycles. The van der Waals surface area contributed by atoms with E-state index in [-0.39, 0.29) is 16.2 Å². The summed E-state index contributed by atoms with van der Waals surface area (Å²) < 4.78 is 3.49. The van der Waals surface area contributed by atoms with Crippen molar-refractivity contribution in [1.29, 1.82) is 0 Å². The van der Waals surface area contributed by atoms with E-state index in [4.69, 9.17) is 0 Å². The van der Waals surface area contributed by atoms with E-state index >= 15 is 0 Å². The van der Waals surface area contributed by atoms with Gasteiger partial charge in [0.15, 0.2) is 5.43 Å². The fourth-order valence-corrected chi connectivity index (χ4v) is 6.96. The van der Waals surface area contributed by atoms with Crippen molar-refractivity contribution in [1.82, 2.24) is 4.40 Å². The van der Waals surface area contributed by atoms with Gasteiger partial charge in [-0.15, -0.1) is 0 Å². The zero-order valence-corrected chi connectivity index (χ0v) is 20.0. The Morgan fingerprint density at radius 2 is 1.69 bits per heavy atom. The number of hydrogen-bond acceptors (Lipinski definition) is 1. The predicted octanol–water partition coefficient (Wildman–Crippen LogP) is 6.79. The average Bonchev–Trinajstić information content (AvgIpc) is 3.02. The van der Waals surface area contributed by atoms with Gasteiger partial charge >= 0.3 is 0 Å². The van der Waals surface area contributed by atoms with Gasteiger partial charge in [0.2, 0.25) is 0 Å². The molecule has 0 saturated carbocycles. The maximum absolute atomic E-state index is 14.2. The highest BCUT2D eigenvalue weighted by atomic mass is 79.9. The summed E-state index contributed by atoms with van der Waals surface area (Å²) in [5, 5.41) is 2.50. The van der Waals surface area contributed by atoms with E-state index in [0.717, 1.165) is 46.8 Å². The van der Waals surface area contributed by atoms with Crippen molar-refractivity contribution < 1.29 is 0 Å². The number of halogens is 1. The highest BCUT2D eigenvalue weighted by Crippen LogP contribution is 2.56. The minimum atomic E-state index is -0.201. The monoisotopic (exact) mass is 451 g/mol. The normalized spacial score (nSPS) is 27.1. The zero-order chi connectivity index (χ0) is 20.9. The fraction of sp³-hybridized carbons (Fsp3) is 0.500. The van der Waals surface area contributed by atoms with Crippen LogP contribution in [0.5, 0.6) is 0 Å². The van der Waals surface area contributed by atoms with Crippen molar-refractivity contribution in [3.8, 4) is 0 Å². The molecule has 0 fully saturated rings. The number of hydrogen-bond donors (Lipinski definition) is 0. The Morgan fingerprint density at radius 3 is 2.34 bits per heavy atom. The molecule has 2 nitrogen and oxygen atoms in total. The Kier molecular flexibility index (Phi) is 3.84. The van der Waals surface area contributed by atoms with Crippen LogP contribution in [0.3, 0.4) is 0 Å². The molecule has 0 amide bonds. The molecule has 0 aliphatic heterocycles. The van der Waals surface area contributed by atoms with Crippen LogP contribution >= 0.6 is 15.9 Å². The maximum atomic E-state index is 14.2. The lowest BCUT2D eigenvalue weighted by molar-refractivity contribution is 0.233. The fourth-order valence-electron chi connectivity index (χ4n) is 6.50. The standard InChI is InChI=1S/C26H30BrNO/c1-7-25(5)16-9-10-17(27)15-12-14-28-18-11-13-24(3,4)20(18)23(29)21(22(28)19(15)16)26(25,6)8-2/h9-10,12,14H,7-8,11,13H2,1-6H3. The lowest BCUT2D eigenvalue weighted by atomic mass is 9.53. The second-order valence-electron chi connectivity index (χ2n) is 10.2. The van der Waals surface area contributed by atoms with Gasteiger partial charge in [-0.3, -0.25) is 4.79 Å². The lowest BCUT2D eigenvalue weighted by Gasteiger charge is -2.50. The van der Waals surface area contributed by atoms with E-state index < -0.39 is 0 Å². The third kappa shape index (κ3) is 2.06. The summed E-state index contributed by atoms with van der Waals surface area (Å²) in [5.41, 5.74) is 5.85. The molecule has 0 spiro atoms. The smallest absolute Gasteiger partial charge is 0.190 e. The average molecular weight is 452 g/mol. The Balaban J connectivity index is 2.16. The first kappa shape index (κ1) is 19.4.